The fraction of sp³-hybridized carbons (Fsp3) is 0.429. The second kappa shape index (κ2) is 8.10. The molecule has 1 rings (SSSR count). The van der Waals surface area contributed by atoms with Crippen LogP contribution in [0.3, 0.4) is 0 Å². The Labute approximate surface area is 93.2 Å². The van der Waals surface area contributed by atoms with Gasteiger partial charge in [-0.05, 0) is 37.8 Å². The van der Waals surface area contributed by atoms with Crippen molar-refractivity contribution in [3.63, 3.8) is 0 Å². The Bertz CT molecular complexity index is 264. The van der Waals surface area contributed by atoms with Gasteiger partial charge in [-0.2, -0.15) is 0 Å². The van der Waals surface area contributed by atoms with Gasteiger partial charge >= 0.3 is 0 Å². The van der Waals surface area contributed by atoms with Crippen LogP contribution in [-0.2, 0) is 0 Å². The van der Waals surface area contributed by atoms with E-state index in [1.165, 1.54) is 24.9 Å². The lowest BCUT2D eigenvalue weighted by molar-refractivity contribution is 0.777. The number of anilines is 1. The van der Waals surface area contributed by atoms with Gasteiger partial charge in [-0.3, -0.25) is 0 Å². The van der Waals surface area contributed by atoms with Crippen LogP contribution in [0.15, 0.2) is 42.5 Å². The summed E-state index contributed by atoms with van der Waals surface area (Å²) in [6.45, 7) is 3.25. The number of rotatable bonds is 7. The molecule has 0 unspecified atom stereocenters. The van der Waals surface area contributed by atoms with Gasteiger partial charge in [-0.15, -0.1) is 0 Å². The van der Waals surface area contributed by atoms with E-state index in [4.69, 9.17) is 0 Å². The minimum atomic E-state index is 1.07. The van der Waals surface area contributed by atoms with Crippen molar-refractivity contribution in [1.29, 1.82) is 0 Å². The lowest BCUT2D eigenvalue weighted by Crippen LogP contribution is -2.00. The number of unbranched alkanes of at least 4 members (excludes halogenated alkanes) is 2. The Morgan fingerprint density at radius 1 is 1.07 bits per heavy atom. The Hall–Kier alpha value is -1.24. The molecule has 0 spiro atoms. The average Bonchev–Trinajstić information content (AvgIpc) is 2.29. The van der Waals surface area contributed by atoms with E-state index in [2.05, 4.69) is 48.7 Å². The molecule has 0 bridgehead atoms. The molecule has 0 heterocycles. The maximum atomic E-state index is 3.41. The summed E-state index contributed by atoms with van der Waals surface area (Å²) in [5.41, 5.74) is 1.22. The summed E-state index contributed by atoms with van der Waals surface area (Å²) < 4.78 is 0. The molecule has 0 aliphatic heterocycles. The minimum absolute atomic E-state index is 1.07. The predicted octanol–water partition coefficient (Wildman–Crippen LogP) is 4.24. The van der Waals surface area contributed by atoms with E-state index in [1.807, 2.05) is 6.07 Å². The first-order chi connectivity index (χ1) is 7.43. The Morgan fingerprint density at radius 2 is 1.87 bits per heavy atom. The number of allylic oxidation sites excluding steroid dienone is 2. The molecule has 0 amide bonds. The van der Waals surface area contributed by atoms with E-state index < -0.39 is 0 Å². The monoisotopic (exact) mass is 203 g/mol. The van der Waals surface area contributed by atoms with Crippen molar-refractivity contribution < 1.29 is 0 Å². The van der Waals surface area contributed by atoms with E-state index >= 15 is 0 Å². The van der Waals surface area contributed by atoms with Gasteiger partial charge in [0, 0.05) is 12.2 Å². The highest BCUT2D eigenvalue weighted by Crippen LogP contribution is 2.05. The molecular formula is C14H21N. The van der Waals surface area contributed by atoms with E-state index in [9.17, 15) is 0 Å². The van der Waals surface area contributed by atoms with Crippen LogP contribution in [0.4, 0.5) is 5.69 Å². The van der Waals surface area contributed by atoms with E-state index in [1.54, 1.807) is 0 Å². The first-order valence-electron chi connectivity index (χ1n) is 5.87. The molecule has 0 aliphatic carbocycles. The zero-order chi connectivity index (χ0) is 10.8. The summed E-state index contributed by atoms with van der Waals surface area (Å²) in [6, 6.07) is 10.4. The van der Waals surface area contributed by atoms with Gasteiger partial charge in [0.1, 0.15) is 0 Å². The lowest BCUT2D eigenvalue weighted by Gasteiger charge is -2.04. The van der Waals surface area contributed by atoms with Crippen molar-refractivity contribution in [1.82, 2.24) is 0 Å². The molecule has 1 heteroatoms. The normalized spacial score (nSPS) is 10.7. The third-order valence-corrected chi connectivity index (χ3v) is 2.30. The van der Waals surface area contributed by atoms with Gasteiger partial charge in [0.15, 0.2) is 0 Å². The molecule has 1 aromatic rings. The maximum absolute atomic E-state index is 3.41. The van der Waals surface area contributed by atoms with Gasteiger partial charge in [0.2, 0.25) is 0 Å². The summed E-state index contributed by atoms with van der Waals surface area (Å²) in [7, 11) is 0. The second-order valence-corrected chi connectivity index (χ2v) is 3.67. The third kappa shape index (κ3) is 5.95. The molecule has 1 N–H and O–H groups in total. The average molecular weight is 203 g/mol. The number of hydrogen-bond acceptors (Lipinski definition) is 1. The topological polar surface area (TPSA) is 12.0 Å². The van der Waals surface area contributed by atoms with Gasteiger partial charge in [-0.1, -0.05) is 37.3 Å². The number of hydrogen-bond donors (Lipinski definition) is 1. The molecule has 15 heavy (non-hydrogen) atoms. The van der Waals surface area contributed by atoms with Crippen LogP contribution < -0.4 is 5.32 Å². The van der Waals surface area contributed by atoms with Crippen LogP contribution in [0, 0.1) is 0 Å². The molecule has 0 saturated heterocycles. The van der Waals surface area contributed by atoms with E-state index in [0.29, 0.717) is 0 Å². The highest BCUT2D eigenvalue weighted by atomic mass is 14.9. The molecule has 0 aliphatic rings. The SMILES string of the molecule is CC/C=C/CCCCNc1ccccc1. The van der Waals surface area contributed by atoms with Crippen molar-refractivity contribution >= 4 is 5.69 Å². The molecule has 0 aromatic heterocycles. The summed E-state index contributed by atoms with van der Waals surface area (Å²) >= 11 is 0. The lowest BCUT2D eigenvalue weighted by atomic mass is 10.2. The highest BCUT2D eigenvalue weighted by Gasteiger charge is 1.88. The molecule has 0 atom stereocenters. The smallest absolute Gasteiger partial charge is 0.0340 e. The summed E-state index contributed by atoms with van der Waals surface area (Å²) in [5.74, 6) is 0. The zero-order valence-electron chi connectivity index (χ0n) is 9.58. The van der Waals surface area contributed by atoms with Crippen molar-refractivity contribution in [2.75, 3.05) is 11.9 Å². The number of benzene rings is 1. The summed E-state index contributed by atoms with van der Waals surface area (Å²) in [5, 5.41) is 3.41. The maximum Gasteiger partial charge on any atom is 0.0340 e. The van der Waals surface area contributed by atoms with Gasteiger partial charge in [0.25, 0.3) is 0 Å². The van der Waals surface area contributed by atoms with E-state index in [0.717, 1.165) is 13.0 Å². The second-order valence-electron chi connectivity index (χ2n) is 3.67. The summed E-state index contributed by atoms with van der Waals surface area (Å²) in [4.78, 5) is 0. The Balaban J connectivity index is 2.00. The molecule has 82 valence electrons. The van der Waals surface area contributed by atoms with Crippen LogP contribution in [-0.4, -0.2) is 6.54 Å². The fourth-order valence-electron chi connectivity index (χ4n) is 1.46. The van der Waals surface area contributed by atoms with Gasteiger partial charge < -0.3 is 5.32 Å². The van der Waals surface area contributed by atoms with Gasteiger partial charge in [-0.25, -0.2) is 0 Å². The first-order valence-corrected chi connectivity index (χ1v) is 5.87. The van der Waals surface area contributed by atoms with Crippen molar-refractivity contribution in [2.24, 2.45) is 0 Å². The van der Waals surface area contributed by atoms with Crippen molar-refractivity contribution in [3.05, 3.63) is 42.5 Å². The van der Waals surface area contributed by atoms with Gasteiger partial charge in [0.05, 0.1) is 0 Å². The molecule has 0 fully saturated rings. The highest BCUT2D eigenvalue weighted by molar-refractivity contribution is 5.42. The number of nitrogens with one attached hydrogen (secondary N) is 1. The number of para-hydroxylation sites is 1. The molecule has 0 saturated carbocycles. The predicted molar refractivity (Wildman–Crippen MR) is 68.2 cm³/mol. The minimum Gasteiger partial charge on any atom is -0.385 e. The van der Waals surface area contributed by atoms with E-state index in [-0.39, 0.29) is 0 Å². The molecule has 1 nitrogen and oxygen atoms in total. The molecular weight excluding hydrogens is 182 g/mol. The fourth-order valence-corrected chi connectivity index (χ4v) is 1.46. The largest absolute Gasteiger partial charge is 0.385 e. The quantitative estimate of drug-likeness (QED) is 0.516. The zero-order valence-corrected chi connectivity index (χ0v) is 9.58. The third-order valence-electron chi connectivity index (χ3n) is 2.30. The molecule has 0 radical (unpaired) electrons. The van der Waals surface area contributed by atoms with Crippen molar-refractivity contribution in [3.8, 4) is 0 Å². The van der Waals surface area contributed by atoms with Crippen LogP contribution in [0.2, 0.25) is 0 Å². The Morgan fingerprint density at radius 3 is 2.60 bits per heavy atom. The first kappa shape index (κ1) is 11.8. The van der Waals surface area contributed by atoms with Crippen molar-refractivity contribution in [2.45, 2.75) is 32.6 Å². The van der Waals surface area contributed by atoms with Crippen LogP contribution in [0.5, 0.6) is 0 Å². The van der Waals surface area contributed by atoms with Crippen LogP contribution in [0.25, 0.3) is 0 Å². The van der Waals surface area contributed by atoms with Crippen LogP contribution >= 0.6 is 0 Å². The van der Waals surface area contributed by atoms with Crippen LogP contribution in [0.1, 0.15) is 32.6 Å². The Kier molecular flexibility index (Phi) is 6.39. The standard InChI is InChI=1S/C14H21N/c1-2-3-4-5-6-10-13-15-14-11-8-7-9-12-14/h3-4,7-9,11-12,15H,2,5-6,10,13H2,1H3/b4-3+. The summed E-state index contributed by atoms with van der Waals surface area (Å²) in [6.07, 6.45) is 9.40. The molecule has 1 aromatic carbocycles.